The SMILES string of the molecule is CCC(N)C(c1cnn(C)c1)N1CCC(NC(C)=O)C1. The van der Waals surface area contributed by atoms with Gasteiger partial charge in [0.25, 0.3) is 0 Å². The summed E-state index contributed by atoms with van der Waals surface area (Å²) in [6.07, 6.45) is 5.82. The van der Waals surface area contributed by atoms with Crippen LogP contribution in [0.4, 0.5) is 0 Å². The smallest absolute Gasteiger partial charge is 0.217 e. The minimum absolute atomic E-state index is 0.0366. The van der Waals surface area contributed by atoms with Gasteiger partial charge in [-0.25, -0.2) is 0 Å². The predicted molar refractivity (Wildman–Crippen MR) is 78.0 cm³/mol. The van der Waals surface area contributed by atoms with E-state index in [1.54, 1.807) is 6.92 Å². The first kappa shape index (κ1) is 15.0. The van der Waals surface area contributed by atoms with Crippen molar-refractivity contribution in [3.8, 4) is 0 Å². The minimum atomic E-state index is 0.0366. The van der Waals surface area contributed by atoms with E-state index in [-0.39, 0.29) is 24.0 Å². The van der Waals surface area contributed by atoms with E-state index in [9.17, 15) is 4.79 Å². The van der Waals surface area contributed by atoms with E-state index in [1.807, 2.05) is 24.1 Å². The normalized spacial score (nSPS) is 22.7. The number of nitrogens with two attached hydrogens (primary N) is 1. The Hall–Kier alpha value is -1.40. The highest BCUT2D eigenvalue weighted by Gasteiger charge is 2.33. The van der Waals surface area contributed by atoms with Gasteiger partial charge in [0.1, 0.15) is 0 Å². The van der Waals surface area contributed by atoms with Crippen molar-refractivity contribution in [1.29, 1.82) is 0 Å². The highest BCUT2D eigenvalue weighted by Crippen LogP contribution is 2.28. The third-order valence-electron chi connectivity index (χ3n) is 3.96. The number of carbonyl (C=O) groups is 1. The number of nitrogens with zero attached hydrogens (tertiary/aromatic N) is 3. The quantitative estimate of drug-likeness (QED) is 0.818. The van der Waals surface area contributed by atoms with Crippen LogP contribution in [0.2, 0.25) is 0 Å². The zero-order chi connectivity index (χ0) is 14.7. The third-order valence-corrected chi connectivity index (χ3v) is 3.96. The maximum atomic E-state index is 11.2. The summed E-state index contributed by atoms with van der Waals surface area (Å²) in [6.45, 7) is 5.49. The maximum Gasteiger partial charge on any atom is 0.217 e. The Bertz CT molecular complexity index is 458. The second-order valence-corrected chi connectivity index (χ2v) is 5.65. The summed E-state index contributed by atoms with van der Waals surface area (Å²) in [5.41, 5.74) is 7.48. The fraction of sp³-hybridized carbons (Fsp3) is 0.714. The van der Waals surface area contributed by atoms with Crippen LogP contribution < -0.4 is 11.1 Å². The number of hydrogen-bond donors (Lipinski definition) is 2. The van der Waals surface area contributed by atoms with E-state index in [4.69, 9.17) is 5.73 Å². The van der Waals surface area contributed by atoms with E-state index in [0.29, 0.717) is 0 Å². The number of likely N-dealkylation sites (tertiary alicyclic amines) is 1. The summed E-state index contributed by atoms with van der Waals surface area (Å²) < 4.78 is 1.81. The van der Waals surface area contributed by atoms with Gasteiger partial charge in [-0.05, 0) is 12.8 Å². The van der Waals surface area contributed by atoms with Crippen molar-refractivity contribution in [3.05, 3.63) is 18.0 Å². The molecule has 20 heavy (non-hydrogen) atoms. The number of aromatic nitrogens is 2. The van der Waals surface area contributed by atoms with Crippen LogP contribution in [-0.4, -0.2) is 45.8 Å². The lowest BCUT2D eigenvalue weighted by molar-refractivity contribution is -0.119. The zero-order valence-corrected chi connectivity index (χ0v) is 12.5. The van der Waals surface area contributed by atoms with Gasteiger partial charge in [0, 0.05) is 50.9 Å². The Balaban J connectivity index is 2.10. The summed E-state index contributed by atoms with van der Waals surface area (Å²) in [5, 5.41) is 7.26. The van der Waals surface area contributed by atoms with Crippen LogP contribution in [0.15, 0.2) is 12.4 Å². The highest BCUT2D eigenvalue weighted by molar-refractivity contribution is 5.73. The van der Waals surface area contributed by atoms with Gasteiger partial charge in [-0.15, -0.1) is 0 Å². The first-order valence-corrected chi connectivity index (χ1v) is 7.26. The van der Waals surface area contributed by atoms with Crippen LogP contribution in [0, 0.1) is 0 Å². The van der Waals surface area contributed by atoms with Crippen molar-refractivity contribution in [2.45, 2.75) is 44.8 Å². The number of amides is 1. The van der Waals surface area contributed by atoms with Crippen LogP contribution in [0.5, 0.6) is 0 Å². The Morgan fingerprint density at radius 2 is 2.40 bits per heavy atom. The maximum absolute atomic E-state index is 11.2. The molecule has 2 rings (SSSR count). The molecule has 1 amide bonds. The molecule has 0 radical (unpaired) electrons. The summed E-state index contributed by atoms with van der Waals surface area (Å²) in [6, 6.07) is 0.485. The van der Waals surface area contributed by atoms with Gasteiger partial charge < -0.3 is 11.1 Å². The molecule has 0 saturated carbocycles. The number of nitrogens with one attached hydrogen (secondary N) is 1. The molecule has 0 aliphatic carbocycles. The van der Waals surface area contributed by atoms with Crippen molar-refractivity contribution < 1.29 is 4.79 Å². The predicted octanol–water partition coefficient (Wildman–Crippen LogP) is 0.409. The van der Waals surface area contributed by atoms with E-state index in [2.05, 4.69) is 22.2 Å². The van der Waals surface area contributed by atoms with E-state index >= 15 is 0 Å². The lowest BCUT2D eigenvalue weighted by Crippen LogP contribution is -2.42. The second kappa shape index (κ2) is 6.37. The van der Waals surface area contributed by atoms with Crippen molar-refractivity contribution in [2.75, 3.05) is 13.1 Å². The van der Waals surface area contributed by atoms with Crippen LogP contribution in [0.25, 0.3) is 0 Å². The summed E-state index contributed by atoms with van der Waals surface area (Å²) in [5.74, 6) is 0.0366. The molecular weight excluding hydrogens is 254 g/mol. The van der Waals surface area contributed by atoms with Crippen molar-refractivity contribution in [1.82, 2.24) is 20.0 Å². The first-order valence-electron chi connectivity index (χ1n) is 7.26. The molecule has 0 aromatic carbocycles. The largest absolute Gasteiger partial charge is 0.352 e. The summed E-state index contributed by atoms with van der Waals surface area (Å²) in [7, 11) is 1.92. The number of rotatable bonds is 5. The molecule has 2 heterocycles. The standard InChI is InChI=1S/C14H25N5O/c1-4-13(15)14(11-7-16-18(3)8-11)19-6-5-12(9-19)17-10(2)20/h7-8,12-14H,4-6,9,15H2,1-3H3,(H,17,20). The van der Waals surface area contributed by atoms with Gasteiger partial charge in [-0.2, -0.15) is 5.10 Å². The van der Waals surface area contributed by atoms with Gasteiger partial charge in [-0.1, -0.05) is 6.92 Å². The van der Waals surface area contributed by atoms with Gasteiger partial charge in [0.05, 0.1) is 12.2 Å². The average molecular weight is 279 g/mol. The molecule has 112 valence electrons. The van der Waals surface area contributed by atoms with Gasteiger partial charge >= 0.3 is 0 Å². The molecule has 1 fully saturated rings. The first-order chi connectivity index (χ1) is 9.51. The molecule has 1 aliphatic rings. The summed E-state index contributed by atoms with van der Waals surface area (Å²) >= 11 is 0. The van der Waals surface area contributed by atoms with Crippen molar-refractivity contribution >= 4 is 5.91 Å². The lowest BCUT2D eigenvalue weighted by atomic mass is 9.99. The second-order valence-electron chi connectivity index (χ2n) is 5.65. The van der Waals surface area contributed by atoms with E-state index < -0.39 is 0 Å². The van der Waals surface area contributed by atoms with Crippen molar-refractivity contribution in [3.63, 3.8) is 0 Å². The molecule has 0 spiro atoms. The fourth-order valence-corrected chi connectivity index (χ4v) is 2.99. The number of carbonyl (C=O) groups excluding carboxylic acids is 1. The molecular formula is C14H25N5O. The molecule has 1 saturated heterocycles. The molecule has 6 heteroatoms. The topological polar surface area (TPSA) is 76.2 Å². The Morgan fingerprint density at radius 3 is 2.95 bits per heavy atom. The van der Waals surface area contributed by atoms with Crippen LogP contribution in [-0.2, 0) is 11.8 Å². The fourth-order valence-electron chi connectivity index (χ4n) is 2.99. The monoisotopic (exact) mass is 279 g/mol. The minimum Gasteiger partial charge on any atom is -0.352 e. The number of hydrogen-bond acceptors (Lipinski definition) is 4. The number of aryl methyl sites for hydroxylation is 1. The van der Waals surface area contributed by atoms with Gasteiger partial charge in [0.2, 0.25) is 5.91 Å². The highest BCUT2D eigenvalue weighted by atomic mass is 16.1. The average Bonchev–Trinajstić information content (AvgIpc) is 2.99. The van der Waals surface area contributed by atoms with Crippen LogP contribution >= 0.6 is 0 Å². The van der Waals surface area contributed by atoms with Gasteiger partial charge in [0.15, 0.2) is 0 Å². The molecule has 6 nitrogen and oxygen atoms in total. The third kappa shape index (κ3) is 3.37. The van der Waals surface area contributed by atoms with Crippen molar-refractivity contribution in [2.24, 2.45) is 12.8 Å². The van der Waals surface area contributed by atoms with Crippen LogP contribution in [0.1, 0.15) is 38.3 Å². The zero-order valence-electron chi connectivity index (χ0n) is 12.5. The lowest BCUT2D eigenvalue weighted by Gasteiger charge is -2.31. The Morgan fingerprint density at radius 1 is 1.65 bits per heavy atom. The molecule has 3 atom stereocenters. The van der Waals surface area contributed by atoms with Gasteiger partial charge in [-0.3, -0.25) is 14.4 Å². The molecule has 1 aromatic rings. The Kier molecular flexibility index (Phi) is 4.77. The molecule has 3 N–H and O–H groups in total. The molecule has 3 unspecified atom stereocenters. The van der Waals surface area contributed by atoms with E-state index in [1.165, 1.54) is 0 Å². The molecule has 1 aliphatic heterocycles. The van der Waals surface area contributed by atoms with Crippen LogP contribution in [0.3, 0.4) is 0 Å². The van der Waals surface area contributed by atoms with E-state index in [0.717, 1.165) is 31.5 Å². The molecule has 0 bridgehead atoms. The summed E-state index contributed by atoms with van der Waals surface area (Å²) in [4.78, 5) is 13.5. The molecule has 1 aromatic heterocycles. The Labute approximate surface area is 120 Å².